The van der Waals surface area contributed by atoms with Crippen LogP contribution in [0.3, 0.4) is 0 Å². The second-order valence-corrected chi connectivity index (χ2v) is 7.15. The van der Waals surface area contributed by atoms with Gasteiger partial charge in [0.15, 0.2) is 0 Å². The second kappa shape index (κ2) is 8.06. The molecule has 3 N–H and O–H groups in total. The van der Waals surface area contributed by atoms with Gasteiger partial charge in [-0.1, -0.05) is 34.1 Å². The number of rotatable bonds is 9. The first-order valence-corrected chi connectivity index (χ1v) is 8.16. The first-order valence-electron chi connectivity index (χ1n) is 6.50. The fraction of sp³-hybridized carbons (Fsp3) is 1.00. The summed E-state index contributed by atoms with van der Waals surface area (Å²) in [5, 5.41) is 0. The minimum atomic E-state index is -3.19. The van der Waals surface area contributed by atoms with E-state index in [1.807, 2.05) is 6.92 Å². The molecule has 17 heavy (non-hydrogen) atoms. The normalized spacial score (nSPS) is 16.1. The van der Waals surface area contributed by atoms with Crippen LogP contribution in [0.1, 0.15) is 47.0 Å². The van der Waals surface area contributed by atoms with Gasteiger partial charge in [0.25, 0.3) is 0 Å². The van der Waals surface area contributed by atoms with Crippen molar-refractivity contribution in [3.63, 3.8) is 0 Å². The van der Waals surface area contributed by atoms with Crippen LogP contribution in [-0.2, 0) is 10.0 Å². The number of hydrogen-bond acceptors (Lipinski definition) is 3. The van der Waals surface area contributed by atoms with E-state index in [0.29, 0.717) is 12.5 Å². The highest BCUT2D eigenvalue weighted by Crippen LogP contribution is 2.10. The maximum Gasteiger partial charge on any atom is 0.212 e. The number of nitrogens with two attached hydrogens (primary N) is 1. The minimum Gasteiger partial charge on any atom is -0.329 e. The molecule has 0 aromatic carbocycles. The van der Waals surface area contributed by atoms with E-state index >= 15 is 0 Å². The van der Waals surface area contributed by atoms with E-state index in [1.54, 1.807) is 0 Å². The van der Waals surface area contributed by atoms with Crippen molar-refractivity contribution in [1.29, 1.82) is 0 Å². The molecule has 0 saturated carbocycles. The first kappa shape index (κ1) is 16.9. The van der Waals surface area contributed by atoms with Gasteiger partial charge in [-0.25, -0.2) is 13.1 Å². The lowest BCUT2D eigenvalue weighted by Gasteiger charge is -2.20. The molecule has 2 atom stereocenters. The molecular formula is C12H28N2O2S. The second-order valence-electron chi connectivity index (χ2n) is 5.36. The number of sulfonamides is 1. The van der Waals surface area contributed by atoms with Crippen LogP contribution in [-0.4, -0.2) is 26.8 Å². The Hall–Kier alpha value is -0.130. The number of hydrogen-bond donors (Lipinski definition) is 2. The molecule has 0 aliphatic rings. The molecule has 0 aliphatic heterocycles. The average molecular weight is 264 g/mol. The van der Waals surface area contributed by atoms with Crippen LogP contribution in [0.4, 0.5) is 0 Å². The Labute approximate surface area is 106 Å². The van der Waals surface area contributed by atoms with Crippen molar-refractivity contribution in [2.24, 2.45) is 17.6 Å². The van der Waals surface area contributed by atoms with Gasteiger partial charge >= 0.3 is 0 Å². The zero-order valence-electron chi connectivity index (χ0n) is 11.6. The van der Waals surface area contributed by atoms with Crippen LogP contribution in [0, 0.1) is 11.8 Å². The molecule has 0 rings (SSSR count). The van der Waals surface area contributed by atoms with Crippen molar-refractivity contribution in [3.05, 3.63) is 0 Å². The molecule has 2 unspecified atom stereocenters. The highest BCUT2D eigenvalue weighted by molar-refractivity contribution is 7.89. The zero-order chi connectivity index (χ0) is 13.5. The van der Waals surface area contributed by atoms with Crippen LogP contribution in [0.15, 0.2) is 0 Å². The molecule has 0 bridgehead atoms. The van der Waals surface area contributed by atoms with Crippen molar-refractivity contribution >= 4 is 10.0 Å². The topological polar surface area (TPSA) is 72.2 Å². The summed E-state index contributed by atoms with van der Waals surface area (Å²) in [6.45, 7) is 8.54. The SMILES string of the molecule is CCCC(C)CS(=O)(=O)NC(CN)CC(C)C. The minimum absolute atomic E-state index is 0.131. The Morgan fingerprint density at radius 2 is 1.82 bits per heavy atom. The molecule has 0 radical (unpaired) electrons. The molecule has 5 heteroatoms. The largest absolute Gasteiger partial charge is 0.329 e. The van der Waals surface area contributed by atoms with Crippen LogP contribution in [0.5, 0.6) is 0 Å². The maximum atomic E-state index is 11.9. The van der Waals surface area contributed by atoms with Gasteiger partial charge < -0.3 is 5.73 Å². The monoisotopic (exact) mass is 264 g/mol. The Balaban J connectivity index is 4.31. The molecule has 0 aromatic heterocycles. The Morgan fingerprint density at radius 3 is 2.24 bits per heavy atom. The van der Waals surface area contributed by atoms with Gasteiger partial charge in [0.2, 0.25) is 10.0 Å². The van der Waals surface area contributed by atoms with Gasteiger partial charge in [0.05, 0.1) is 5.75 Å². The fourth-order valence-electron chi connectivity index (χ4n) is 2.01. The van der Waals surface area contributed by atoms with Crippen LogP contribution in [0.25, 0.3) is 0 Å². The van der Waals surface area contributed by atoms with E-state index in [-0.39, 0.29) is 17.7 Å². The van der Waals surface area contributed by atoms with Gasteiger partial charge in [-0.3, -0.25) is 0 Å². The lowest BCUT2D eigenvalue weighted by molar-refractivity contribution is 0.460. The molecule has 0 amide bonds. The third kappa shape index (κ3) is 8.57. The van der Waals surface area contributed by atoms with E-state index < -0.39 is 10.0 Å². The van der Waals surface area contributed by atoms with E-state index in [1.165, 1.54) is 0 Å². The van der Waals surface area contributed by atoms with E-state index in [2.05, 4.69) is 25.5 Å². The molecule has 0 fully saturated rings. The standard InChI is InChI=1S/C12H28N2O2S/c1-5-6-11(4)9-17(15,16)14-12(8-13)7-10(2)3/h10-12,14H,5-9,13H2,1-4H3. The molecule has 0 aliphatic carbocycles. The summed E-state index contributed by atoms with van der Waals surface area (Å²) in [5.41, 5.74) is 5.59. The van der Waals surface area contributed by atoms with E-state index in [9.17, 15) is 8.42 Å². The quantitative estimate of drug-likeness (QED) is 0.666. The smallest absolute Gasteiger partial charge is 0.212 e. The van der Waals surface area contributed by atoms with Crippen LogP contribution in [0.2, 0.25) is 0 Å². The van der Waals surface area contributed by atoms with Crippen LogP contribution >= 0.6 is 0 Å². The summed E-state index contributed by atoms with van der Waals surface area (Å²) in [5.74, 6) is 0.851. The zero-order valence-corrected chi connectivity index (χ0v) is 12.4. The van der Waals surface area contributed by atoms with Gasteiger partial charge in [0, 0.05) is 12.6 Å². The summed E-state index contributed by atoms with van der Waals surface area (Å²) in [7, 11) is -3.19. The summed E-state index contributed by atoms with van der Waals surface area (Å²) in [6.07, 6.45) is 2.75. The lowest BCUT2D eigenvalue weighted by Crippen LogP contribution is -2.42. The summed E-state index contributed by atoms with van der Waals surface area (Å²) < 4.78 is 26.5. The van der Waals surface area contributed by atoms with E-state index in [0.717, 1.165) is 19.3 Å². The van der Waals surface area contributed by atoms with Crippen molar-refractivity contribution in [2.75, 3.05) is 12.3 Å². The van der Waals surface area contributed by atoms with Crippen LogP contribution < -0.4 is 10.5 Å². The maximum absolute atomic E-state index is 11.9. The Bertz CT molecular complexity index is 289. The molecular weight excluding hydrogens is 236 g/mol. The summed E-state index contributed by atoms with van der Waals surface area (Å²) in [6, 6.07) is -0.131. The van der Waals surface area contributed by atoms with Crippen molar-refractivity contribution < 1.29 is 8.42 Å². The third-order valence-electron chi connectivity index (χ3n) is 2.67. The molecule has 104 valence electrons. The first-order chi connectivity index (χ1) is 7.80. The Morgan fingerprint density at radius 1 is 1.24 bits per heavy atom. The summed E-state index contributed by atoms with van der Waals surface area (Å²) >= 11 is 0. The van der Waals surface area contributed by atoms with Crippen molar-refractivity contribution in [2.45, 2.75) is 53.0 Å². The summed E-state index contributed by atoms with van der Waals surface area (Å²) in [4.78, 5) is 0. The highest BCUT2D eigenvalue weighted by atomic mass is 32.2. The van der Waals surface area contributed by atoms with Gasteiger partial charge in [-0.15, -0.1) is 0 Å². The molecule has 0 saturated heterocycles. The van der Waals surface area contributed by atoms with Gasteiger partial charge in [-0.05, 0) is 24.7 Å². The molecule has 4 nitrogen and oxygen atoms in total. The van der Waals surface area contributed by atoms with Crippen molar-refractivity contribution in [3.8, 4) is 0 Å². The van der Waals surface area contributed by atoms with Gasteiger partial charge in [-0.2, -0.15) is 0 Å². The van der Waals surface area contributed by atoms with Crippen molar-refractivity contribution in [1.82, 2.24) is 4.72 Å². The predicted octanol–water partition coefficient (Wildman–Crippen LogP) is 1.72. The molecule has 0 aromatic rings. The Kier molecular flexibility index (Phi) is 8.00. The number of nitrogens with one attached hydrogen (secondary N) is 1. The third-order valence-corrected chi connectivity index (χ3v) is 4.37. The lowest BCUT2D eigenvalue weighted by atomic mass is 10.1. The van der Waals surface area contributed by atoms with Gasteiger partial charge in [0.1, 0.15) is 0 Å². The highest BCUT2D eigenvalue weighted by Gasteiger charge is 2.20. The fourth-order valence-corrected chi connectivity index (χ4v) is 3.73. The average Bonchev–Trinajstić information content (AvgIpc) is 2.14. The molecule has 0 heterocycles. The molecule has 0 spiro atoms. The van der Waals surface area contributed by atoms with E-state index in [4.69, 9.17) is 5.73 Å². The predicted molar refractivity (Wildman–Crippen MR) is 73.3 cm³/mol.